The first-order valence-corrected chi connectivity index (χ1v) is 10.1. The molecule has 2 rings (SSSR count). The summed E-state index contributed by atoms with van der Waals surface area (Å²) in [7, 11) is 0. The molecule has 0 aliphatic heterocycles. The molecule has 2 atom stereocenters. The van der Waals surface area contributed by atoms with Crippen LogP contribution in [0.3, 0.4) is 0 Å². The zero-order valence-corrected chi connectivity index (χ0v) is 17.7. The highest BCUT2D eigenvalue weighted by molar-refractivity contribution is 5.83. The van der Waals surface area contributed by atoms with E-state index in [1.165, 1.54) is 0 Å². The fraction of sp³-hybridized carbons (Fsp3) is 0.478. The first kappa shape index (κ1) is 22.5. The van der Waals surface area contributed by atoms with Gasteiger partial charge in [0.15, 0.2) is 0 Å². The number of amides is 1. The van der Waals surface area contributed by atoms with Crippen LogP contribution in [0.5, 0.6) is 0 Å². The third-order valence-corrected chi connectivity index (χ3v) is 4.58. The van der Waals surface area contributed by atoms with Crippen molar-refractivity contribution in [2.75, 3.05) is 0 Å². The van der Waals surface area contributed by atoms with Crippen LogP contribution in [0.1, 0.15) is 52.5 Å². The lowest BCUT2D eigenvalue weighted by Gasteiger charge is -2.22. The number of unbranched alkanes of at least 4 members (excludes halogenated alkanes) is 1. The average Bonchev–Trinajstić information content (AvgIpc) is 3.02. The summed E-state index contributed by atoms with van der Waals surface area (Å²) in [6.07, 6.45) is 7.75. The third kappa shape index (κ3) is 7.29. The SMILES string of the molecule is CCCCC(C=CC(Cc1c[nH]c2ccccc12)NC(=O)OC(C)(C)C)C(=O)O. The van der Waals surface area contributed by atoms with Crippen LogP contribution < -0.4 is 5.32 Å². The summed E-state index contributed by atoms with van der Waals surface area (Å²) >= 11 is 0. The second-order valence-electron chi connectivity index (χ2n) is 8.29. The maximum Gasteiger partial charge on any atom is 0.408 e. The average molecular weight is 401 g/mol. The molecule has 3 N–H and O–H groups in total. The van der Waals surface area contributed by atoms with Crippen molar-refractivity contribution in [2.45, 2.75) is 65.0 Å². The number of rotatable bonds is 9. The number of carbonyl (C=O) groups excluding carboxylic acids is 1. The van der Waals surface area contributed by atoms with Gasteiger partial charge >= 0.3 is 12.1 Å². The molecule has 0 radical (unpaired) electrons. The number of carboxylic acids is 1. The minimum atomic E-state index is -0.849. The van der Waals surface area contributed by atoms with Crippen molar-refractivity contribution in [1.82, 2.24) is 10.3 Å². The van der Waals surface area contributed by atoms with Crippen LogP contribution in [0.2, 0.25) is 0 Å². The van der Waals surface area contributed by atoms with Gasteiger partial charge in [-0.25, -0.2) is 4.79 Å². The molecular weight excluding hydrogens is 368 g/mol. The zero-order chi connectivity index (χ0) is 21.4. The van der Waals surface area contributed by atoms with Crippen LogP contribution in [0, 0.1) is 5.92 Å². The Morgan fingerprint density at radius 2 is 1.97 bits per heavy atom. The predicted molar refractivity (Wildman–Crippen MR) is 115 cm³/mol. The van der Waals surface area contributed by atoms with E-state index in [0.717, 1.165) is 29.3 Å². The summed E-state index contributed by atoms with van der Waals surface area (Å²) < 4.78 is 5.39. The number of carboxylic acid groups (broad SMARTS) is 1. The van der Waals surface area contributed by atoms with E-state index in [4.69, 9.17) is 4.74 Å². The molecule has 1 amide bonds. The van der Waals surface area contributed by atoms with Crippen molar-refractivity contribution >= 4 is 23.0 Å². The quantitative estimate of drug-likeness (QED) is 0.514. The van der Waals surface area contributed by atoms with Gasteiger partial charge in [-0.1, -0.05) is 50.1 Å². The number of alkyl carbamates (subject to hydrolysis) is 1. The van der Waals surface area contributed by atoms with Crippen molar-refractivity contribution < 1.29 is 19.4 Å². The monoisotopic (exact) mass is 400 g/mol. The summed E-state index contributed by atoms with van der Waals surface area (Å²) in [6.45, 7) is 7.46. The van der Waals surface area contributed by atoms with E-state index >= 15 is 0 Å². The fourth-order valence-corrected chi connectivity index (χ4v) is 3.16. The van der Waals surface area contributed by atoms with Crippen LogP contribution in [0.25, 0.3) is 10.9 Å². The van der Waals surface area contributed by atoms with E-state index in [1.807, 2.05) is 58.2 Å². The van der Waals surface area contributed by atoms with Crippen LogP contribution >= 0.6 is 0 Å². The maximum absolute atomic E-state index is 12.3. The molecule has 0 saturated heterocycles. The van der Waals surface area contributed by atoms with E-state index in [9.17, 15) is 14.7 Å². The van der Waals surface area contributed by atoms with Gasteiger partial charge in [0.25, 0.3) is 0 Å². The van der Waals surface area contributed by atoms with Gasteiger partial charge in [0.2, 0.25) is 0 Å². The Morgan fingerprint density at radius 1 is 1.24 bits per heavy atom. The number of aliphatic carboxylic acids is 1. The molecule has 2 unspecified atom stereocenters. The lowest BCUT2D eigenvalue weighted by molar-refractivity contribution is -0.140. The first-order chi connectivity index (χ1) is 13.7. The molecule has 29 heavy (non-hydrogen) atoms. The van der Waals surface area contributed by atoms with Crippen molar-refractivity contribution in [2.24, 2.45) is 5.92 Å². The van der Waals surface area contributed by atoms with Gasteiger partial charge < -0.3 is 20.1 Å². The van der Waals surface area contributed by atoms with Crippen LogP contribution in [-0.4, -0.2) is 33.8 Å². The summed E-state index contributed by atoms with van der Waals surface area (Å²) in [4.78, 5) is 27.1. The van der Waals surface area contributed by atoms with Gasteiger partial charge in [-0.15, -0.1) is 0 Å². The lowest BCUT2D eigenvalue weighted by atomic mass is 9.99. The Morgan fingerprint density at radius 3 is 2.62 bits per heavy atom. The topological polar surface area (TPSA) is 91.4 Å². The summed E-state index contributed by atoms with van der Waals surface area (Å²) in [6, 6.07) is 7.57. The maximum atomic E-state index is 12.3. The Hall–Kier alpha value is -2.76. The number of hydrogen-bond donors (Lipinski definition) is 3. The fourth-order valence-electron chi connectivity index (χ4n) is 3.16. The minimum Gasteiger partial charge on any atom is -0.481 e. The number of carbonyl (C=O) groups is 2. The number of aromatic amines is 1. The molecule has 158 valence electrons. The van der Waals surface area contributed by atoms with E-state index in [0.29, 0.717) is 12.8 Å². The minimum absolute atomic E-state index is 0.382. The van der Waals surface area contributed by atoms with Gasteiger partial charge in [0.1, 0.15) is 5.60 Å². The van der Waals surface area contributed by atoms with Crippen LogP contribution in [-0.2, 0) is 16.0 Å². The second-order valence-corrected chi connectivity index (χ2v) is 8.29. The Labute approximate surface area is 172 Å². The van der Waals surface area contributed by atoms with E-state index < -0.39 is 23.6 Å². The Kier molecular flexibility index (Phi) is 7.88. The molecule has 2 aromatic rings. The largest absolute Gasteiger partial charge is 0.481 e. The lowest BCUT2D eigenvalue weighted by Crippen LogP contribution is -2.39. The predicted octanol–water partition coefficient (Wildman–Crippen LogP) is 5.05. The van der Waals surface area contributed by atoms with Crippen molar-refractivity contribution in [1.29, 1.82) is 0 Å². The highest BCUT2D eigenvalue weighted by Gasteiger charge is 2.20. The van der Waals surface area contributed by atoms with Gasteiger partial charge in [-0.05, 0) is 45.2 Å². The van der Waals surface area contributed by atoms with Crippen molar-refractivity contribution in [3.63, 3.8) is 0 Å². The molecule has 0 aliphatic carbocycles. The normalized spacial score (nSPS) is 14.1. The molecule has 1 aromatic heterocycles. The standard InChI is InChI=1S/C23H32N2O4/c1-5-6-9-16(21(26)27)12-13-18(25-22(28)29-23(2,3)4)14-17-15-24-20-11-8-7-10-19(17)20/h7-8,10-13,15-16,18,24H,5-6,9,14H2,1-4H3,(H,25,28)(H,26,27). The van der Waals surface area contributed by atoms with Crippen molar-refractivity contribution in [3.05, 3.63) is 48.2 Å². The van der Waals surface area contributed by atoms with Crippen LogP contribution in [0.15, 0.2) is 42.6 Å². The van der Waals surface area contributed by atoms with Crippen LogP contribution in [0.4, 0.5) is 4.79 Å². The van der Waals surface area contributed by atoms with Gasteiger partial charge in [0.05, 0.1) is 12.0 Å². The third-order valence-electron chi connectivity index (χ3n) is 4.58. The molecule has 6 nitrogen and oxygen atoms in total. The molecule has 1 aromatic carbocycles. The molecule has 6 heteroatoms. The number of hydrogen-bond acceptors (Lipinski definition) is 3. The zero-order valence-electron chi connectivity index (χ0n) is 17.7. The first-order valence-electron chi connectivity index (χ1n) is 10.1. The number of aromatic nitrogens is 1. The number of H-pyrrole nitrogens is 1. The Bertz CT molecular complexity index is 848. The Balaban J connectivity index is 2.21. The molecular formula is C23H32N2O4. The van der Waals surface area contributed by atoms with E-state index in [-0.39, 0.29) is 6.04 Å². The van der Waals surface area contributed by atoms with Gasteiger partial charge in [0, 0.05) is 17.1 Å². The number of ether oxygens (including phenoxy) is 1. The van der Waals surface area contributed by atoms with E-state index in [2.05, 4.69) is 10.3 Å². The number of para-hydroxylation sites is 1. The summed E-state index contributed by atoms with van der Waals surface area (Å²) in [5.74, 6) is -1.42. The number of benzene rings is 1. The number of nitrogens with one attached hydrogen (secondary N) is 2. The molecule has 1 heterocycles. The molecule has 0 spiro atoms. The van der Waals surface area contributed by atoms with Gasteiger partial charge in [-0.2, -0.15) is 0 Å². The number of fused-ring (bicyclic) bond motifs is 1. The molecule has 0 aliphatic rings. The molecule has 0 bridgehead atoms. The second kappa shape index (κ2) is 10.1. The summed E-state index contributed by atoms with van der Waals surface area (Å²) in [5.41, 5.74) is 1.46. The van der Waals surface area contributed by atoms with Gasteiger partial charge in [-0.3, -0.25) is 4.79 Å². The smallest absolute Gasteiger partial charge is 0.408 e. The highest BCUT2D eigenvalue weighted by Crippen LogP contribution is 2.20. The highest BCUT2D eigenvalue weighted by atomic mass is 16.6. The van der Waals surface area contributed by atoms with E-state index in [1.54, 1.807) is 12.2 Å². The molecule has 0 saturated carbocycles. The van der Waals surface area contributed by atoms with Crippen molar-refractivity contribution in [3.8, 4) is 0 Å². The molecule has 0 fully saturated rings. The summed E-state index contributed by atoms with van der Waals surface area (Å²) in [5, 5.41) is 13.4.